The van der Waals surface area contributed by atoms with Crippen LogP contribution >= 0.6 is 0 Å². The molecule has 2 aromatic carbocycles. The van der Waals surface area contributed by atoms with Gasteiger partial charge in [0.25, 0.3) is 5.91 Å². The summed E-state index contributed by atoms with van der Waals surface area (Å²) in [6, 6.07) is 12.2. The van der Waals surface area contributed by atoms with Crippen molar-refractivity contribution in [2.45, 2.75) is 20.0 Å². The zero-order valence-corrected chi connectivity index (χ0v) is 12.3. The number of esters is 1. The van der Waals surface area contributed by atoms with Gasteiger partial charge in [-0.1, -0.05) is 12.1 Å². The molecule has 4 nitrogen and oxygen atoms in total. The van der Waals surface area contributed by atoms with Crippen molar-refractivity contribution in [2.75, 3.05) is 5.32 Å². The van der Waals surface area contributed by atoms with Crippen molar-refractivity contribution in [1.29, 1.82) is 0 Å². The molecule has 0 aliphatic rings. The van der Waals surface area contributed by atoms with E-state index in [1.807, 2.05) is 25.1 Å². The lowest BCUT2D eigenvalue weighted by Crippen LogP contribution is -2.30. The van der Waals surface area contributed by atoms with Crippen LogP contribution in [-0.4, -0.2) is 18.0 Å². The highest BCUT2D eigenvalue weighted by molar-refractivity contribution is 5.97. The molecular weight excluding hydrogens is 285 g/mol. The van der Waals surface area contributed by atoms with Gasteiger partial charge in [0.05, 0.1) is 5.56 Å². The van der Waals surface area contributed by atoms with Crippen molar-refractivity contribution >= 4 is 17.6 Å². The fourth-order valence-electron chi connectivity index (χ4n) is 1.83. The first-order chi connectivity index (χ1) is 10.5. The Labute approximate surface area is 127 Å². The van der Waals surface area contributed by atoms with Gasteiger partial charge in [0.15, 0.2) is 6.10 Å². The first-order valence-corrected chi connectivity index (χ1v) is 6.80. The number of nitrogens with one attached hydrogen (secondary N) is 1. The van der Waals surface area contributed by atoms with Crippen LogP contribution in [0.3, 0.4) is 0 Å². The number of carbonyl (C=O) groups is 2. The summed E-state index contributed by atoms with van der Waals surface area (Å²) in [5.74, 6) is -1.55. The average molecular weight is 301 g/mol. The Morgan fingerprint density at radius 3 is 2.45 bits per heavy atom. The molecule has 1 amide bonds. The molecule has 0 heterocycles. The predicted octanol–water partition coefficient (Wildman–Crippen LogP) is 3.32. The van der Waals surface area contributed by atoms with E-state index in [0.717, 1.165) is 17.7 Å². The Hall–Kier alpha value is -2.69. The zero-order valence-electron chi connectivity index (χ0n) is 12.3. The minimum absolute atomic E-state index is 0.191. The van der Waals surface area contributed by atoms with Crippen molar-refractivity contribution < 1.29 is 18.7 Å². The maximum absolute atomic E-state index is 12.8. The molecule has 22 heavy (non-hydrogen) atoms. The minimum Gasteiger partial charge on any atom is -0.449 e. The lowest BCUT2D eigenvalue weighted by Gasteiger charge is -2.13. The van der Waals surface area contributed by atoms with Crippen LogP contribution < -0.4 is 5.32 Å². The van der Waals surface area contributed by atoms with Crippen LogP contribution in [0, 0.1) is 12.7 Å². The van der Waals surface area contributed by atoms with E-state index in [2.05, 4.69) is 5.32 Å². The molecule has 2 rings (SSSR count). The van der Waals surface area contributed by atoms with E-state index in [4.69, 9.17) is 4.74 Å². The number of benzene rings is 2. The number of ether oxygens (including phenoxy) is 1. The molecule has 0 aliphatic heterocycles. The Bertz CT molecular complexity index is 683. The van der Waals surface area contributed by atoms with Gasteiger partial charge in [-0.3, -0.25) is 4.79 Å². The molecule has 0 fully saturated rings. The molecule has 0 bridgehead atoms. The highest BCUT2D eigenvalue weighted by Crippen LogP contribution is 2.11. The summed E-state index contributed by atoms with van der Waals surface area (Å²) in [5, 5.41) is 2.67. The molecule has 0 aliphatic carbocycles. The molecule has 1 N–H and O–H groups in total. The summed E-state index contributed by atoms with van der Waals surface area (Å²) in [7, 11) is 0. The number of halogens is 1. The largest absolute Gasteiger partial charge is 0.449 e. The van der Waals surface area contributed by atoms with Crippen LogP contribution in [0.25, 0.3) is 0 Å². The Morgan fingerprint density at radius 2 is 1.82 bits per heavy atom. The highest BCUT2D eigenvalue weighted by atomic mass is 19.1. The van der Waals surface area contributed by atoms with Gasteiger partial charge < -0.3 is 10.1 Å². The molecule has 5 heteroatoms. The van der Waals surface area contributed by atoms with Crippen molar-refractivity contribution in [3.63, 3.8) is 0 Å². The van der Waals surface area contributed by atoms with Gasteiger partial charge in [0.1, 0.15) is 5.82 Å². The molecule has 0 unspecified atom stereocenters. The summed E-state index contributed by atoms with van der Waals surface area (Å²) in [4.78, 5) is 23.8. The molecule has 114 valence electrons. The third-order valence-electron chi connectivity index (χ3n) is 3.02. The van der Waals surface area contributed by atoms with E-state index in [1.54, 1.807) is 6.07 Å². The van der Waals surface area contributed by atoms with Crippen LogP contribution in [-0.2, 0) is 9.53 Å². The molecule has 0 saturated heterocycles. The van der Waals surface area contributed by atoms with Crippen LogP contribution in [0.4, 0.5) is 10.1 Å². The number of aryl methyl sites for hydroxylation is 1. The molecular formula is C17H16FNO3. The molecule has 0 spiro atoms. The lowest BCUT2D eigenvalue weighted by atomic mass is 10.2. The van der Waals surface area contributed by atoms with E-state index in [-0.39, 0.29) is 5.56 Å². The third-order valence-corrected chi connectivity index (χ3v) is 3.02. The fourth-order valence-corrected chi connectivity index (χ4v) is 1.83. The second-order valence-electron chi connectivity index (χ2n) is 4.91. The molecule has 0 saturated carbocycles. The second kappa shape index (κ2) is 6.85. The topological polar surface area (TPSA) is 55.4 Å². The van der Waals surface area contributed by atoms with E-state index >= 15 is 0 Å². The fraction of sp³-hybridized carbons (Fsp3) is 0.176. The molecule has 0 radical (unpaired) electrons. The van der Waals surface area contributed by atoms with Crippen molar-refractivity contribution in [3.8, 4) is 0 Å². The highest BCUT2D eigenvalue weighted by Gasteiger charge is 2.19. The van der Waals surface area contributed by atoms with Gasteiger partial charge in [0, 0.05) is 5.69 Å². The maximum atomic E-state index is 12.8. The van der Waals surface area contributed by atoms with Crippen molar-refractivity contribution in [1.82, 2.24) is 0 Å². The average Bonchev–Trinajstić information content (AvgIpc) is 2.47. The summed E-state index contributed by atoms with van der Waals surface area (Å²) in [6.45, 7) is 3.39. The van der Waals surface area contributed by atoms with Gasteiger partial charge >= 0.3 is 5.97 Å². The normalized spacial score (nSPS) is 11.6. The van der Waals surface area contributed by atoms with Crippen molar-refractivity contribution in [2.24, 2.45) is 0 Å². The van der Waals surface area contributed by atoms with Crippen LogP contribution in [0.2, 0.25) is 0 Å². The summed E-state index contributed by atoms with van der Waals surface area (Å²) >= 11 is 0. The zero-order chi connectivity index (χ0) is 16.1. The summed E-state index contributed by atoms with van der Waals surface area (Å²) in [6.07, 6.45) is -0.960. The monoisotopic (exact) mass is 301 g/mol. The van der Waals surface area contributed by atoms with Gasteiger partial charge in [-0.15, -0.1) is 0 Å². The van der Waals surface area contributed by atoms with Gasteiger partial charge in [-0.25, -0.2) is 9.18 Å². The Morgan fingerprint density at radius 1 is 1.14 bits per heavy atom. The SMILES string of the molecule is Cc1cccc(NC(=O)[C@@H](C)OC(=O)c2ccc(F)cc2)c1. The summed E-state index contributed by atoms with van der Waals surface area (Å²) < 4.78 is 17.9. The second-order valence-corrected chi connectivity index (χ2v) is 4.91. The van der Waals surface area contributed by atoms with Crippen molar-refractivity contribution in [3.05, 3.63) is 65.5 Å². The number of hydrogen-bond donors (Lipinski definition) is 1. The van der Waals surface area contributed by atoms with E-state index in [1.165, 1.54) is 19.1 Å². The minimum atomic E-state index is -0.960. The molecule has 0 aromatic heterocycles. The van der Waals surface area contributed by atoms with E-state index in [9.17, 15) is 14.0 Å². The number of carbonyl (C=O) groups excluding carboxylic acids is 2. The number of hydrogen-bond acceptors (Lipinski definition) is 3. The van der Waals surface area contributed by atoms with Gasteiger partial charge in [-0.05, 0) is 55.8 Å². The predicted molar refractivity (Wildman–Crippen MR) is 81.1 cm³/mol. The number of rotatable bonds is 4. The third kappa shape index (κ3) is 4.15. The smallest absolute Gasteiger partial charge is 0.338 e. The molecule has 1 atom stereocenters. The van der Waals surface area contributed by atoms with Crippen LogP contribution in [0.5, 0.6) is 0 Å². The lowest BCUT2D eigenvalue weighted by molar-refractivity contribution is -0.123. The first kappa shape index (κ1) is 15.7. The summed E-state index contributed by atoms with van der Waals surface area (Å²) in [5.41, 5.74) is 1.83. The van der Waals surface area contributed by atoms with E-state index < -0.39 is 23.8 Å². The maximum Gasteiger partial charge on any atom is 0.338 e. The molecule has 2 aromatic rings. The first-order valence-electron chi connectivity index (χ1n) is 6.80. The van der Waals surface area contributed by atoms with Gasteiger partial charge in [0.2, 0.25) is 0 Å². The number of anilines is 1. The number of amides is 1. The standard InChI is InChI=1S/C17H16FNO3/c1-11-4-3-5-15(10-11)19-16(20)12(2)22-17(21)13-6-8-14(18)9-7-13/h3-10,12H,1-2H3,(H,19,20)/t12-/m1/s1. The van der Waals surface area contributed by atoms with E-state index in [0.29, 0.717) is 5.69 Å². The quantitative estimate of drug-likeness (QED) is 0.881. The van der Waals surface area contributed by atoms with Gasteiger partial charge in [-0.2, -0.15) is 0 Å². The Balaban J connectivity index is 1.96. The van der Waals surface area contributed by atoms with Crippen LogP contribution in [0.1, 0.15) is 22.8 Å². The Kier molecular flexibility index (Phi) is 4.88. The van der Waals surface area contributed by atoms with Crippen LogP contribution in [0.15, 0.2) is 48.5 Å².